The summed E-state index contributed by atoms with van der Waals surface area (Å²) >= 11 is 0. The van der Waals surface area contributed by atoms with E-state index in [-0.39, 0.29) is 5.91 Å². The molecule has 1 unspecified atom stereocenters. The van der Waals surface area contributed by atoms with Gasteiger partial charge >= 0.3 is 0 Å². The third kappa shape index (κ3) is 3.35. The maximum atomic E-state index is 11.6. The maximum absolute atomic E-state index is 11.6. The van der Waals surface area contributed by atoms with Crippen LogP contribution >= 0.6 is 0 Å². The normalized spacial score (nSPS) is 11.8. The number of amides is 1. The van der Waals surface area contributed by atoms with E-state index in [0.717, 1.165) is 10.6 Å². The maximum Gasteiger partial charge on any atom is 0.253 e. The molecular weight excluding hydrogens is 234 g/mol. The van der Waals surface area contributed by atoms with Gasteiger partial charge in [-0.05, 0) is 23.8 Å². The third-order valence-electron chi connectivity index (χ3n) is 2.59. The van der Waals surface area contributed by atoms with E-state index in [1.807, 2.05) is 0 Å². The van der Waals surface area contributed by atoms with Crippen molar-refractivity contribution in [2.45, 2.75) is 12.5 Å². The number of likely N-dealkylation sites (N-methyl/N-ethyl adjacent to an activating group) is 1. The molecule has 18 heavy (non-hydrogen) atoms. The number of carbonyl (C=O) groups is 1. The molecule has 1 rings (SSSR count). The van der Waals surface area contributed by atoms with Crippen LogP contribution in [0.2, 0.25) is 0 Å². The van der Waals surface area contributed by atoms with Gasteiger partial charge < -0.3 is 15.2 Å². The zero-order chi connectivity index (χ0) is 13.7. The van der Waals surface area contributed by atoms with Crippen molar-refractivity contribution in [3.63, 3.8) is 0 Å². The average molecular weight is 253 g/mol. The number of hydrogen-bond acceptors (Lipinski definition) is 5. The first kappa shape index (κ1) is 14.3. The molecule has 0 spiro atoms. The van der Waals surface area contributed by atoms with E-state index in [9.17, 15) is 4.79 Å². The Hall–Kier alpha value is -1.79. The quantitative estimate of drug-likeness (QED) is 0.434. The summed E-state index contributed by atoms with van der Waals surface area (Å²) in [6, 6.07) is 4.64. The van der Waals surface area contributed by atoms with Crippen molar-refractivity contribution >= 4 is 5.91 Å². The van der Waals surface area contributed by atoms with Gasteiger partial charge in [0.15, 0.2) is 0 Å². The molecule has 6 heteroatoms. The minimum Gasteiger partial charge on any atom is -0.497 e. The molecule has 0 saturated heterocycles. The molecule has 0 fully saturated rings. The summed E-state index contributed by atoms with van der Waals surface area (Å²) in [5.41, 5.74) is 6.60. The number of nitrogens with zero attached hydrogens (tertiary/aromatic N) is 1. The number of hydrazine groups is 1. The summed E-state index contributed by atoms with van der Waals surface area (Å²) in [5, 5.41) is 0.983. The molecular formula is C12H19N3O3. The van der Waals surface area contributed by atoms with Crippen LogP contribution in [0.4, 0.5) is 0 Å². The first-order valence-electron chi connectivity index (χ1n) is 5.48. The number of rotatable bonds is 5. The Morgan fingerprint density at radius 3 is 2.56 bits per heavy atom. The highest BCUT2D eigenvalue weighted by Crippen LogP contribution is 2.24. The predicted molar refractivity (Wildman–Crippen MR) is 68.2 cm³/mol. The summed E-state index contributed by atoms with van der Waals surface area (Å²) in [6.45, 7) is 0. The molecule has 100 valence electrons. The van der Waals surface area contributed by atoms with Gasteiger partial charge in [-0.3, -0.25) is 9.80 Å². The summed E-state index contributed by atoms with van der Waals surface area (Å²) < 4.78 is 10.3. The Morgan fingerprint density at radius 2 is 2.06 bits per heavy atom. The molecule has 0 saturated carbocycles. The third-order valence-corrected chi connectivity index (χ3v) is 2.59. The zero-order valence-electron chi connectivity index (χ0n) is 10.8. The molecule has 4 N–H and O–H groups in total. The predicted octanol–water partition coefficient (Wildman–Crippen LogP) is -0.0943. The van der Waals surface area contributed by atoms with Gasteiger partial charge in [-0.25, -0.2) is 5.84 Å². The second kappa shape index (κ2) is 6.23. The van der Waals surface area contributed by atoms with Gasteiger partial charge in [0.05, 0.1) is 20.3 Å². The Bertz CT molecular complexity index is 421. The van der Waals surface area contributed by atoms with Crippen LogP contribution < -0.4 is 21.1 Å². The number of nitrogens with two attached hydrogens (primary N) is 2. The van der Waals surface area contributed by atoms with Gasteiger partial charge in [-0.1, -0.05) is 0 Å². The highest BCUT2D eigenvalue weighted by molar-refractivity contribution is 5.81. The molecule has 1 amide bonds. The van der Waals surface area contributed by atoms with Crippen LogP contribution in [0.5, 0.6) is 11.5 Å². The van der Waals surface area contributed by atoms with Gasteiger partial charge in [-0.15, -0.1) is 0 Å². The lowest BCUT2D eigenvalue weighted by Crippen LogP contribution is -2.46. The summed E-state index contributed by atoms with van der Waals surface area (Å²) in [7, 11) is 4.60. The number of benzene rings is 1. The standard InChI is InChI=1S/C12H19N3O3/c1-15(14)12(16)10(13)7-8-6-9(17-2)4-5-11(8)18-3/h4-6,10H,7,13-14H2,1-3H3. The van der Waals surface area contributed by atoms with Crippen LogP contribution in [-0.4, -0.2) is 38.2 Å². The van der Waals surface area contributed by atoms with Gasteiger partial charge in [0.25, 0.3) is 5.91 Å². The second-order valence-corrected chi connectivity index (χ2v) is 3.94. The summed E-state index contributed by atoms with van der Waals surface area (Å²) in [5.74, 6) is 6.38. The smallest absolute Gasteiger partial charge is 0.253 e. The number of methoxy groups -OCH3 is 2. The Balaban J connectivity index is 2.91. The Kier molecular flexibility index (Phi) is 4.94. The van der Waals surface area contributed by atoms with E-state index < -0.39 is 6.04 Å². The van der Waals surface area contributed by atoms with Crippen LogP contribution in [0.3, 0.4) is 0 Å². The van der Waals surface area contributed by atoms with Crippen LogP contribution in [0, 0.1) is 0 Å². The molecule has 0 heterocycles. The van der Waals surface area contributed by atoms with Crippen molar-refractivity contribution in [2.75, 3.05) is 21.3 Å². The molecule has 0 aliphatic rings. The molecule has 1 aromatic rings. The fourth-order valence-electron chi connectivity index (χ4n) is 1.63. The van der Waals surface area contributed by atoms with Gasteiger partial charge in [-0.2, -0.15) is 0 Å². The monoisotopic (exact) mass is 253 g/mol. The molecule has 1 aromatic carbocycles. The topological polar surface area (TPSA) is 90.8 Å². The van der Waals surface area contributed by atoms with E-state index in [2.05, 4.69) is 0 Å². The lowest BCUT2D eigenvalue weighted by molar-refractivity contribution is -0.131. The minimum atomic E-state index is -0.707. The van der Waals surface area contributed by atoms with E-state index in [4.69, 9.17) is 21.1 Å². The Morgan fingerprint density at radius 1 is 1.39 bits per heavy atom. The average Bonchev–Trinajstić information content (AvgIpc) is 2.37. The molecule has 0 aliphatic heterocycles. The highest BCUT2D eigenvalue weighted by atomic mass is 16.5. The SMILES string of the molecule is COc1ccc(OC)c(CC(N)C(=O)N(C)N)c1. The van der Waals surface area contributed by atoms with Crippen LogP contribution in [-0.2, 0) is 11.2 Å². The van der Waals surface area contributed by atoms with Crippen LogP contribution in [0.15, 0.2) is 18.2 Å². The van der Waals surface area contributed by atoms with Crippen molar-refractivity contribution in [3.05, 3.63) is 23.8 Å². The van der Waals surface area contributed by atoms with Crippen LogP contribution in [0.1, 0.15) is 5.56 Å². The van der Waals surface area contributed by atoms with Crippen molar-refractivity contribution < 1.29 is 14.3 Å². The van der Waals surface area contributed by atoms with Crippen LogP contribution in [0.25, 0.3) is 0 Å². The molecule has 0 bridgehead atoms. The fraction of sp³-hybridized carbons (Fsp3) is 0.417. The fourth-order valence-corrected chi connectivity index (χ4v) is 1.63. The first-order valence-corrected chi connectivity index (χ1v) is 5.48. The van der Waals surface area contributed by atoms with E-state index in [0.29, 0.717) is 17.9 Å². The minimum absolute atomic E-state index is 0.333. The lowest BCUT2D eigenvalue weighted by atomic mass is 10.0. The van der Waals surface area contributed by atoms with Crippen molar-refractivity contribution in [3.8, 4) is 11.5 Å². The highest BCUT2D eigenvalue weighted by Gasteiger charge is 2.18. The molecule has 1 atom stereocenters. The zero-order valence-corrected chi connectivity index (χ0v) is 10.8. The first-order chi connectivity index (χ1) is 8.49. The van der Waals surface area contributed by atoms with Gasteiger partial charge in [0, 0.05) is 13.5 Å². The van der Waals surface area contributed by atoms with E-state index in [1.54, 1.807) is 32.4 Å². The molecule has 0 radical (unpaired) electrons. The molecule has 0 aromatic heterocycles. The number of ether oxygens (including phenoxy) is 2. The van der Waals surface area contributed by atoms with Crippen molar-refractivity contribution in [2.24, 2.45) is 11.6 Å². The van der Waals surface area contributed by atoms with Gasteiger partial charge in [0.2, 0.25) is 0 Å². The largest absolute Gasteiger partial charge is 0.497 e. The van der Waals surface area contributed by atoms with Gasteiger partial charge in [0.1, 0.15) is 11.5 Å². The molecule has 6 nitrogen and oxygen atoms in total. The number of carbonyl (C=O) groups excluding carboxylic acids is 1. The van der Waals surface area contributed by atoms with E-state index >= 15 is 0 Å². The van der Waals surface area contributed by atoms with Crippen molar-refractivity contribution in [1.29, 1.82) is 0 Å². The van der Waals surface area contributed by atoms with E-state index in [1.165, 1.54) is 7.05 Å². The lowest BCUT2D eigenvalue weighted by Gasteiger charge is -2.18. The Labute approximate surface area is 106 Å². The summed E-state index contributed by atoms with van der Waals surface area (Å²) in [6.07, 6.45) is 0.334. The van der Waals surface area contributed by atoms with Crippen molar-refractivity contribution in [1.82, 2.24) is 5.01 Å². The number of hydrogen-bond donors (Lipinski definition) is 2. The molecule has 0 aliphatic carbocycles. The second-order valence-electron chi connectivity index (χ2n) is 3.94. The summed E-state index contributed by atoms with van der Waals surface area (Å²) in [4.78, 5) is 11.6.